The summed E-state index contributed by atoms with van der Waals surface area (Å²) in [5.41, 5.74) is 0.984. The van der Waals surface area contributed by atoms with Gasteiger partial charge in [-0.3, -0.25) is 14.7 Å². The van der Waals surface area contributed by atoms with E-state index in [-0.39, 0.29) is 23.8 Å². The zero-order valence-electron chi connectivity index (χ0n) is 11.7. The predicted molar refractivity (Wildman–Crippen MR) is 74.1 cm³/mol. The molecule has 0 bridgehead atoms. The summed E-state index contributed by atoms with van der Waals surface area (Å²) in [7, 11) is 0. The Bertz CT molecular complexity index is 521. The van der Waals surface area contributed by atoms with Crippen LogP contribution in [0.5, 0.6) is 0 Å². The van der Waals surface area contributed by atoms with Gasteiger partial charge in [0.15, 0.2) is 5.82 Å². The lowest BCUT2D eigenvalue weighted by Crippen LogP contribution is -2.43. The van der Waals surface area contributed by atoms with Gasteiger partial charge in [0, 0.05) is 24.2 Å². The molecule has 0 radical (unpaired) electrons. The fourth-order valence-corrected chi connectivity index (χ4v) is 2.68. The number of carbonyl (C=O) groups excluding carboxylic acids is 2. The van der Waals surface area contributed by atoms with Gasteiger partial charge in [-0.05, 0) is 32.1 Å². The summed E-state index contributed by atoms with van der Waals surface area (Å²) in [6.07, 6.45) is 4.44. The van der Waals surface area contributed by atoms with Crippen LogP contribution in [0, 0.1) is 5.92 Å². The molecule has 1 aliphatic carbocycles. The fraction of sp³-hybridized carbons (Fsp3) is 0.643. The minimum Gasteiger partial charge on any atom is -0.330 e. The summed E-state index contributed by atoms with van der Waals surface area (Å²) in [6.45, 7) is 2.72. The van der Waals surface area contributed by atoms with Crippen molar-refractivity contribution in [3.8, 4) is 0 Å². The highest BCUT2D eigenvalue weighted by atomic mass is 16.2. The number of carbonyl (C=O) groups is 2. The van der Waals surface area contributed by atoms with E-state index in [0.717, 1.165) is 37.8 Å². The van der Waals surface area contributed by atoms with Crippen LogP contribution >= 0.6 is 0 Å². The first-order valence-corrected chi connectivity index (χ1v) is 7.34. The van der Waals surface area contributed by atoms with Gasteiger partial charge < -0.3 is 10.2 Å². The van der Waals surface area contributed by atoms with E-state index in [0.29, 0.717) is 12.4 Å². The van der Waals surface area contributed by atoms with E-state index in [1.165, 1.54) is 0 Å². The minimum atomic E-state index is -0.329. The van der Waals surface area contributed by atoms with Gasteiger partial charge >= 0.3 is 0 Å². The van der Waals surface area contributed by atoms with Crippen LogP contribution in [-0.2, 0) is 16.0 Å². The molecule has 0 spiro atoms. The zero-order valence-corrected chi connectivity index (χ0v) is 11.7. The molecule has 0 aromatic carbocycles. The number of nitrogens with one attached hydrogen (secondary N) is 2. The second-order valence-electron chi connectivity index (χ2n) is 5.59. The molecule has 1 saturated carbocycles. The highest BCUT2D eigenvalue weighted by molar-refractivity contribution is 5.97. The third-order valence-electron chi connectivity index (χ3n) is 4.03. The minimum absolute atomic E-state index is 0.120. The van der Waals surface area contributed by atoms with Crippen LogP contribution in [0.2, 0.25) is 0 Å². The molecule has 1 aliphatic heterocycles. The maximum atomic E-state index is 12.3. The van der Waals surface area contributed by atoms with E-state index in [9.17, 15) is 9.59 Å². The van der Waals surface area contributed by atoms with Crippen molar-refractivity contribution >= 4 is 17.6 Å². The van der Waals surface area contributed by atoms with Crippen LogP contribution in [0.25, 0.3) is 0 Å². The van der Waals surface area contributed by atoms with Crippen molar-refractivity contribution < 1.29 is 9.59 Å². The predicted octanol–water partition coefficient (Wildman–Crippen LogP) is 1.31. The van der Waals surface area contributed by atoms with Crippen LogP contribution < -0.4 is 5.32 Å². The lowest BCUT2D eigenvalue weighted by Gasteiger charge is -2.23. The molecule has 2 amide bonds. The van der Waals surface area contributed by atoms with Crippen molar-refractivity contribution in [2.75, 3.05) is 11.9 Å². The number of anilines is 1. The molecule has 2 aliphatic rings. The first-order valence-electron chi connectivity index (χ1n) is 7.34. The average molecular weight is 276 g/mol. The van der Waals surface area contributed by atoms with Crippen molar-refractivity contribution in [1.82, 2.24) is 15.1 Å². The molecular weight excluding hydrogens is 256 g/mol. The Balaban J connectivity index is 1.64. The molecule has 2 fully saturated rings. The summed E-state index contributed by atoms with van der Waals surface area (Å²) in [5, 5.41) is 9.73. The molecular formula is C14H20N4O2. The summed E-state index contributed by atoms with van der Waals surface area (Å²) >= 11 is 0. The van der Waals surface area contributed by atoms with Gasteiger partial charge in [-0.2, -0.15) is 5.10 Å². The Hall–Kier alpha value is -1.85. The number of amides is 2. The second-order valence-corrected chi connectivity index (χ2v) is 5.59. The molecule has 3 rings (SSSR count). The van der Waals surface area contributed by atoms with Gasteiger partial charge in [-0.15, -0.1) is 0 Å². The number of aromatic nitrogens is 2. The number of likely N-dealkylation sites (tertiary alicyclic amines) is 1. The molecule has 2 N–H and O–H groups in total. The third-order valence-corrected chi connectivity index (χ3v) is 4.03. The van der Waals surface area contributed by atoms with E-state index in [1.807, 2.05) is 13.0 Å². The lowest BCUT2D eigenvalue weighted by molar-refractivity contribution is -0.137. The smallest absolute Gasteiger partial charge is 0.248 e. The van der Waals surface area contributed by atoms with E-state index >= 15 is 0 Å². The van der Waals surface area contributed by atoms with Crippen LogP contribution in [0.15, 0.2) is 6.07 Å². The van der Waals surface area contributed by atoms with Crippen molar-refractivity contribution in [3.63, 3.8) is 0 Å². The highest BCUT2D eigenvalue weighted by Crippen LogP contribution is 2.33. The molecule has 2 heterocycles. The zero-order chi connectivity index (χ0) is 14.1. The molecule has 108 valence electrons. The van der Waals surface area contributed by atoms with Crippen molar-refractivity contribution in [2.24, 2.45) is 5.92 Å². The van der Waals surface area contributed by atoms with Gasteiger partial charge in [-0.1, -0.05) is 6.92 Å². The van der Waals surface area contributed by atoms with Gasteiger partial charge in [0.05, 0.1) is 0 Å². The number of aryl methyl sites for hydroxylation is 1. The number of rotatable bonds is 4. The molecule has 20 heavy (non-hydrogen) atoms. The Morgan fingerprint density at radius 1 is 1.45 bits per heavy atom. The van der Waals surface area contributed by atoms with Crippen molar-refractivity contribution in [1.29, 1.82) is 0 Å². The van der Waals surface area contributed by atoms with Gasteiger partial charge in [0.2, 0.25) is 11.8 Å². The van der Waals surface area contributed by atoms with Crippen molar-refractivity contribution in [3.05, 3.63) is 11.8 Å². The standard InChI is InChI=1S/C14H20N4O2/c1-2-10-8-12(17-16-10)15-13(19)11-4-3-7-18(11)14(20)9-5-6-9/h8-9,11H,2-7H2,1H3,(H2,15,16,17,19). The normalized spacial score (nSPS) is 22.1. The van der Waals surface area contributed by atoms with E-state index < -0.39 is 0 Å². The van der Waals surface area contributed by atoms with E-state index in [1.54, 1.807) is 4.90 Å². The molecule has 1 aromatic heterocycles. The number of H-pyrrole nitrogens is 1. The molecule has 6 heteroatoms. The van der Waals surface area contributed by atoms with Crippen LogP contribution in [0.3, 0.4) is 0 Å². The molecule has 6 nitrogen and oxygen atoms in total. The maximum Gasteiger partial charge on any atom is 0.248 e. The summed E-state index contributed by atoms with van der Waals surface area (Å²) in [5.74, 6) is 0.739. The quantitative estimate of drug-likeness (QED) is 0.870. The first-order chi connectivity index (χ1) is 9.69. The van der Waals surface area contributed by atoms with Crippen LogP contribution in [-0.4, -0.2) is 39.5 Å². The lowest BCUT2D eigenvalue weighted by atomic mass is 10.2. The van der Waals surface area contributed by atoms with Gasteiger partial charge in [0.1, 0.15) is 6.04 Å². The number of nitrogens with zero attached hydrogens (tertiary/aromatic N) is 2. The van der Waals surface area contributed by atoms with Crippen LogP contribution in [0.1, 0.15) is 38.3 Å². The van der Waals surface area contributed by atoms with E-state index in [2.05, 4.69) is 15.5 Å². The number of hydrogen-bond acceptors (Lipinski definition) is 3. The van der Waals surface area contributed by atoms with Crippen molar-refractivity contribution in [2.45, 2.75) is 45.1 Å². The Kier molecular flexibility index (Phi) is 3.46. The molecule has 1 saturated heterocycles. The summed E-state index contributed by atoms with van der Waals surface area (Å²) in [4.78, 5) is 26.2. The third kappa shape index (κ3) is 2.55. The first kappa shape index (κ1) is 13.1. The van der Waals surface area contributed by atoms with Gasteiger partial charge in [0.25, 0.3) is 0 Å². The largest absolute Gasteiger partial charge is 0.330 e. The summed E-state index contributed by atoms with van der Waals surface area (Å²) in [6, 6.07) is 1.50. The second kappa shape index (κ2) is 5.26. The monoisotopic (exact) mass is 276 g/mol. The Morgan fingerprint density at radius 3 is 2.90 bits per heavy atom. The molecule has 1 aromatic rings. The molecule has 1 unspecified atom stereocenters. The molecule has 1 atom stereocenters. The fourth-order valence-electron chi connectivity index (χ4n) is 2.68. The SMILES string of the molecule is CCc1cc(NC(=O)C2CCCN2C(=O)C2CC2)n[nH]1. The number of hydrogen-bond donors (Lipinski definition) is 2. The van der Waals surface area contributed by atoms with Crippen LogP contribution in [0.4, 0.5) is 5.82 Å². The van der Waals surface area contributed by atoms with E-state index in [4.69, 9.17) is 0 Å². The Morgan fingerprint density at radius 2 is 2.25 bits per heavy atom. The number of aromatic amines is 1. The average Bonchev–Trinajstić information content (AvgIpc) is 3.01. The topological polar surface area (TPSA) is 78.1 Å². The van der Waals surface area contributed by atoms with Gasteiger partial charge in [-0.25, -0.2) is 0 Å². The maximum absolute atomic E-state index is 12.3. The Labute approximate surface area is 117 Å². The summed E-state index contributed by atoms with van der Waals surface area (Å²) < 4.78 is 0. The highest BCUT2D eigenvalue weighted by Gasteiger charge is 2.40.